The van der Waals surface area contributed by atoms with Gasteiger partial charge in [-0.2, -0.15) is 0 Å². The molecule has 0 aliphatic rings. The second-order valence-corrected chi connectivity index (χ2v) is 9.41. The van der Waals surface area contributed by atoms with Gasteiger partial charge >= 0.3 is 159 Å². The van der Waals surface area contributed by atoms with Gasteiger partial charge in [0.05, 0.1) is 0 Å². The molecule has 25 heavy (non-hydrogen) atoms. The average Bonchev–Trinajstić information content (AvgIpc) is 3.03. The molecule has 0 unspecified atom stereocenters. The third-order valence-electron chi connectivity index (χ3n) is 3.78. The molecule has 0 atom stereocenters. The molecule has 0 fully saturated rings. The number of nitrogens with one attached hydrogen (secondary N) is 1. The summed E-state index contributed by atoms with van der Waals surface area (Å²) in [4.78, 5) is 13.1. The molecule has 129 valence electrons. The van der Waals surface area contributed by atoms with Crippen molar-refractivity contribution in [2.75, 3.05) is 11.9 Å². The van der Waals surface area contributed by atoms with E-state index in [0.717, 1.165) is 22.9 Å². The molecular formula is C20H21AsNO2S. The molecule has 0 spiro atoms. The Morgan fingerprint density at radius 1 is 1.20 bits per heavy atom. The summed E-state index contributed by atoms with van der Waals surface area (Å²) in [5, 5.41) is 5.28. The average molecular weight is 414 g/mol. The van der Waals surface area contributed by atoms with Crippen LogP contribution in [0.2, 0.25) is 0 Å². The van der Waals surface area contributed by atoms with E-state index in [0.29, 0.717) is 6.61 Å². The molecule has 1 heterocycles. The van der Waals surface area contributed by atoms with Crippen molar-refractivity contribution in [2.24, 2.45) is 0 Å². The molecule has 0 aliphatic carbocycles. The summed E-state index contributed by atoms with van der Waals surface area (Å²) >= 11 is 1.97. The Hall–Kier alpha value is -1.77. The maximum atomic E-state index is 11.7. The Labute approximate surface area is 159 Å². The molecule has 1 amide bonds. The van der Waals surface area contributed by atoms with Gasteiger partial charge in [0.1, 0.15) is 0 Å². The number of fused-ring (bicyclic) bond motifs is 1. The molecule has 5 heteroatoms. The quantitative estimate of drug-likeness (QED) is 0.594. The van der Waals surface area contributed by atoms with Crippen molar-refractivity contribution in [1.82, 2.24) is 0 Å². The van der Waals surface area contributed by atoms with E-state index in [1.807, 2.05) is 31.3 Å². The second-order valence-electron chi connectivity index (χ2n) is 5.83. The van der Waals surface area contributed by atoms with Crippen LogP contribution in [0, 0.1) is 6.92 Å². The fraction of sp³-hybridized carbons (Fsp3) is 0.250. The molecule has 1 N–H and O–H groups in total. The van der Waals surface area contributed by atoms with Gasteiger partial charge in [0.25, 0.3) is 0 Å². The van der Waals surface area contributed by atoms with Crippen LogP contribution in [0.5, 0.6) is 0 Å². The van der Waals surface area contributed by atoms with Gasteiger partial charge in [-0.1, -0.05) is 0 Å². The molecule has 3 nitrogen and oxygen atoms in total. The van der Waals surface area contributed by atoms with Gasteiger partial charge in [-0.05, 0) is 0 Å². The monoisotopic (exact) mass is 414 g/mol. The number of rotatable bonds is 6. The fourth-order valence-corrected chi connectivity index (χ4v) is 6.05. The van der Waals surface area contributed by atoms with E-state index in [1.54, 1.807) is 0 Å². The van der Waals surface area contributed by atoms with Crippen molar-refractivity contribution < 1.29 is 9.53 Å². The van der Waals surface area contributed by atoms with E-state index >= 15 is 0 Å². The number of carbonyl (C=O) groups is 1. The van der Waals surface area contributed by atoms with E-state index in [2.05, 4.69) is 47.8 Å². The Bertz CT molecular complexity index is 842. The van der Waals surface area contributed by atoms with Crippen LogP contribution >= 0.6 is 11.3 Å². The first kappa shape index (κ1) is 18.0. The van der Waals surface area contributed by atoms with E-state index < -0.39 is 0 Å². The Morgan fingerprint density at radius 2 is 2.04 bits per heavy atom. The summed E-state index contributed by atoms with van der Waals surface area (Å²) in [6.07, 6.45) is 0.448. The van der Waals surface area contributed by atoms with Crippen molar-refractivity contribution in [1.29, 1.82) is 0 Å². The van der Waals surface area contributed by atoms with Gasteiger partial charge in [-0.15, -0.1) is 0 Å². The van der Waals surface area contributed by atoms with Gasteiger partial charge in [0, 0.05) is 0 Å². The topological polar surface area (TPSA) is 38.3 Å². The second kappa shape index (κ2) is 8.55. The molecule has 3 rings (SSSR count). The Balaban J connectivity index is 1.61. The molecule has 0 bridgehead atoms. The first-order valence-electron chi connectivity index (χ1n) is 8.35. The number of aryl methyl sites for hydroxylation is 1. The molecule has 0 saturated heterocycles. The van der Waals surface area contributed by atoms with Crippen molar-refractivity contribution in [2.45, 2.75) is 25.5 Å². The van der Waals surface area contributed by atoms with Crippen LogP contribution in [0.1, 0.15) is 23.8 Å². The molecule has 0 aliphatic heterocycles. The van der Waals surface area contributed by atoms with E-state index in [1.165, 1.54) is 19.3 Å². The predicted octanol–water partition coefficient (Wildman–Crippen LogP) is 4.70. The van der Waals surface area contributed by atoms with E-state index in [4.69, 9.17) is 4.74 Å². The Morgan fingerprint density at radius 3 is 2.80 bits per heavy atom. The fourth-order valence-electron chi connectivity index (χ4n) is 2.51. The number of thiophene rings is 1. The zero-order chi connectivity index (χ0) is 17.6. The summed E-state index contributed by atoms with van der Waals surface area (Å²) in [6, 6.07) is 17.1. The van der Waals surface area contributed by atoms with Crippen LogP contribution < -0.4 is 9.67 Å². The zero-order valence-corrected chi connectivity index (χ0v) is 17.1. The summed E-state index contributed by atoms with van der Waals surface area (Å²) in [6.45, 7) is 4.45. The maximum absolute atomic E-state index is 11.7. The normalized spacial score (nSPS) is 11.3. The van der Waals surface area contributed by atoms with Gasteiger partial charge in [0.2, 0.25) is 0 Å². The number of carbonyl (C=O) groups excluding carboxylic acids is 1. The molecule has 1 radical (unpaired) electrons. The van der Waals surface area contributed by atoms with Crippen molar-refractivity contribution in [3.05, 3.63) is 59.0 Å². The van der Waals surface area contributed by atoms with Crippen LogP contribution in [0.25, 0.3) is 10.1 Å². The van der Waals surface area contributed by atoms with Crippen LogP contribution in [0.3, 0.4) is 0 Å². The van der Waals surface area contributed by atoms with E-state index in [9.17, 15) is 4.79 Å². The van der Waals surface area contributed by atoms with Gasteiger partial charge in [-0.3, -0.25) is 0 Å². The summed E-state index contributed by atoms with van der Waals surface area (Å²) in [7, 11) is 0. The number of benzene rings is 2. The van der Waals surface area contributed by atoms with Crippen molar-refractivity contribution in [3.63, 3.8) is 0 Å². The summed E-state index contributed by atoms with van der Waals surface area (Å²) in [5.74, 6) is 0. The van der Waals surface area contributed by atoms with Crippen LogP contribution in [-0.4, -0.2) is 28.5 Å². The molecule has 0 saturated carbocycles. The summed E-state index contributed by atoms with van der Waals surface area (Å²) in [5.41, 5.74) is 1.91. The SMILES string of the molecule is CCCOC(=O)Nc1ccc([As]Cc2cc3ccccc3s2)cc1C. The summed E-state index contributed by atoms with van der Waals surface area (Å²) < 4.78 is 7.81. The number of anilines is 1. The molecular weight excluding hydrogens is 393 g/mol. The van der Waals surface area contributed by atoms with Crippen LogP contribution in [-0.2, 0) is 9.95 Å². The van der Waals surface area contributed by atoms with E-state index in [-0.39, 0.29) is 21.8 Å². The minimum absolute atomic E-state index is 0.0756. The number of hydrogen-bond donors (Lipinski definition) is 1. The first-order chi connectivity index (χ1) is 12.2. The number of hydrogen-bond acceptors (Lipinski definition) is 3. The van der Waals surface area contributed by atoms with Crippen molar-refractivity contribution >= 4 is 53.3 Å². The third-order valence-corrected chi connectivity index (χ3v) is 7.76. The number of amides is 1. The minimum atomic E-state index is -0.378. The van der Waals surface area contributed by atoms with Gasteiger partial charge < -0.3 is 0 Å². The van der Waals surface area contributed by atoms with Gasteiger partial charge in [0.15, 0.2) is 0 Å². The number of ether oxygens (including phenoxy) is 1. The third kappa shape index (κ3) is 4.87. The van der Waals surface area contributed by atoms with Gasteiger partial charge in [-0.25, -0.2) is 0 Å². The predicted molar refractivity (Wildman–Crippen MR) is 107 cm³/mol. The van der Waals surface area contributed by atoms with Crippen molar-refractivity contribution in [3.8, 4) is 0 Å². The molecule has 1 aromatic heterocycles. The Kier molecular flexibility index (Phi) is 6.17. The standard InChI is InChI=1S/C20H21AsNO2S/c1-3-10-24-20(23)22-18-9-8-16(11-14(18)2)21-13-17-12-15-6-4-5-7-19(15)25-17/h4-9,11-12H,3,10,13H2,1-2H3,(H,22,23). The zero-order valence-electron chi connectivity index (χ0n) is 14.4. The molecule has 2 aromatic carbocycles. The van der Waals surface area contributed by atoms with Crippen LogP contribution in [0.4, 0.5) is 10.5 Å². The molecule has 3 aromatic rings. The van der Waals surface area contributed by atoms with Crippen LogP contribution in [0.15, 0.2) is 48.5 Å². The first-order valence-corrected chi connectivity index (χ1v) is 11.4.